The van der Waals surface area contributed by atoms with Gasteiger partial charge in [-0.1, -0.05) is 0 Å². The molecule has 0 spiro atoms. The summed E-state index contributed by atoms with van der Waals surface area (Å²) in [5.41, 5.74) is 2.51. The average Bonchev–Trinajstić information content (AvgIpc) is 2.99. The molecule has 11 nitrogen and oxygen atoms in total. The van der Waals surface area contributed by atoms with Crippen LogP contribution in [0.15, 0.2) is 42.9 Å². The maximum absolute atomic E-state index is 14.2. The van der Waals surface area contributed by atoms with Crippen molar-refractivity contribution in [1.82, 2.24) is 29.7 Å². The lowest BCUT2D eigenvalue weighted by atomic mass is 9.96. The van der Waals surface area contributed by atoms with Crippen molar-refractivity contribution in [3.8, 4) is 5.75 Å². The van der Waals surface area contributed by atoms with E-state index in [9.17, 15) is 17.7 Å². The van der Waals surface area contributed by atoms with Gasteiger partial charge in [0.15, 0.2) is 0 Å². The minimum atomic E-state index is -4.76. The van der Waals surface area contributed by atoms with Crippen LogP contribution in [0.3, 0.4) is 0 Å². The molecule has 256 valence electrons. The Morgan fingerprint density at radius 2 is 1.71 bits per heavy atom. The molecule has 0 saturated carbocycles. The Bertz CT molecular complexity index is 1850. The van der Waals surface area contributed by atoms with Crippen LogP contribution in [-0.2, 0) is 10.7 Å². The predicted octanol–water partition coefficient (Wildman–Crippen LogP) is 5.71. The lowest BCUT2D eigenvalue weighted by Crippen LogP contribution is -2.62. The second kappa shape index (κ2) is 13.1. The number of halogens is 3. The number of fused-ring (bicyclic) bond motifs is 1. The van der Waals surface area contributed by atoms with E-state index in [1.807, 2.05) is 19.1 Å². The number of benzene rings is 2. The average molecular weight is 684 g/mol. The van der Waals surface area contributed by atoms with Crippen LogP contribution in [0.2, 0.25) is 0 Å². The maximum Gasteiger partial charge on any atom is 0.421 e. The number of likely N-dealkylation sites (N-methyl/N-ethyl adjacent to an activating group) is 1. The summed E-state index contributed by atoms with van der Waals surface area (Å²) in [5.74, 6) is -0.0477. The highest BCUT2D eigenvalue weighted by Crippen LogP contribution is 2.43. The number of methoxy groups -OCH3 is 1. The van der Waals surface area contributed by atoms with Crippen molar-refractivity contribution in [2.75, 3.05) is 76.2 Å². The number of rotatable bonds is 9. The third kappa shape index (κ3) is 6.92. The Balaban J connectivity index is 1.25. The van der Waals surface area contributed by atoms with E-state index in [0.717, 1.165) is 56.5 Å². The lowest BCUT2D eigenvalue weighted by molar-refractivity contribution is -0.137. The van der Waals surface area contributed by atoms with Crippen molar-refractivity contribution < 1.29 is 22.5 Å². The molecule has 2 aliphatic heterocycles. The van der Waals surface area contributed by atoms with Gasteiger partial charge < -0.3 is 29.7 Å². The van der Waals surface area contributed by atoms with Crippen LogP contribution in [-0.4, -0.2) is 103 Å². The molecule has 2 aromatic heterocycles. The van der Waals surface area contributed by atoms with Crippen molar-refractivity contribution in [1.29, 1.82) is 0 Å². The molecule has 2 saturated heterocycles. The number of likely N-dealkylation sites (tertiary alicyclic amines) is 1. The summed E-state index contributed by atoms with van der Waals surface area (Å²) in [6.07, 6.45) is 1.08. The molecule has 48 heavy (non-hydrogen) atoms. The minimum absolute atomic E-state index is 0.0688. The number of anilines is 5. The van der Waals surface area contributed by atoms with Gasteiger partial charge in [-0.05, 0) is 71.0 Å². The number of nitrogens with zero attached hydrogens (tertiary/aromatic N) is 7. The first-order valence-corrected chi connectivity index (χ1v) is 18.4. The summed E-state index contributed by atoms with van der Waals surface area (Å²) in [6.45, 7) is 9.15. The van der Waals surface area contributed by atoms with Crippen molar-refractivity contribution in [3.63, 3.8) is 0 Å². The van der Waals surface area contributed by atoms with E-state index in [2.05, 4.69) is 59.4 Å². The van der Waals surface area contributed by atoms with Gasteiger partial charge in [-0.2, -0.15) is 18.2 Å². The van der Waals surface area contributed by atoms with Crippen molar-refractivity contribution >= 4 is 52.3 Å². The van der Waals surface area contributed by atoms with E-state index in [0.29, 0.717) is 34.6 Å². The van der Waals surface area contributed by atoms with Gasteiger partial charge in [-0.3, -0.25) is 14.9 Å². The quantitative estimate of drug-likeness (QED) is 0.212. The molecule has 4 heterocycles. The largest absolute Gasteiger partial charge is 0.494 e. The summed E-state index contributed by atoms with van der Waals surface area (Å²) in [6, 6.07) is 8.22. The zero-order valence-electron chi connectivity index (χ0n) is 28.0. The number of piperidine rings is 1. The number of hydrogen-bond acceptors (Lipinski definition) is 11. The van der Waals surface area contributed by atoms with Gasteiger partial charge in [0.1, 0.15) is 29.8 Å². The number of alkyl halides is 3. The Labute approximate surface area is 278 Å². The number of nitrogens with one attached hydrogen (secondary N) is 2. The van der Waals surface area contributed by atoms with Gasteiger partial charge in [-0.15, -0.1) is 0 Å². The molecule has 0 amide bonds. The maximum atomic E-state index is 14.2. The van der Waals surface area contributed by atoms with Crippen LogP contribution in [0.4, 0.5) is 42.0 Å². The normalized spacial score (nSPS) is 16.8. The van der Waals surface area contributed by atoms with Gasteiger partial charge in [0.2, 0.25) is 5.95 Å². The van der Waals surface area contributed by atoms with Gasteiger partial charge in [-0.25, -0.2) is 4.98 Å². The second-order valence-electron chi connectivity index (χ2n) is 13.1. The van der Waals surface area contributed by atoms with Crippen LogP contribution in [0.5, 0.6) is 5.75 Å². The Morgan fingerprint density at radius 1 is 1.00 bits per heavy atom. The van der Waals surface area contributed by atoms with E-state index < -0.39 is 24.7 Å². The number of aromatic nitrogens is 4. The van der Waals surface area contributed by atoms with Crippen molar-refractivity contribution in [3.05, 3.63) is 54.0 Å². The van der Waals surface area contributed by atoms with E-state index in [1.165, 1.54) is 25.7 Å². The van der Waals surface area contributed by atoms with E-state index in [-0.39, 0.29) is 16.9 Å². The van der Waals surface area contributed by atoms with Gasteiger partial charge in [0.05, 0.1) is 29.3 Å². The molecule has 2 aliphatic rings. The molecular formula is C33H41F3N9O2P. The molecule has 15 heteroatoms. The summed E-state index contributed by atoms with van der Waals surface area (Å²) < 4.78 is 61.7. The Morgan fingerprint density at radius 3 is 2.35 bits per heavy atom. The van der Waals surface area contributed by atoms with Gasteiger partial charge in [0, 0.05) is 68.6 Å². The number of ether oxygens (including phenoxy) is 1. The topological polar surface area (TPSA) is 112 Å². The minimum Gasteiger partial charge on any atom is -0.494 e. The first-order valence-electron chi connectivity index (χ1n) is 15.8. The molecule has 0 unspecified atom stereocenters. The third-order valence-corrected chi connectivity index (χ3v) is 10.7. The monoisotopic (exact) mass is 683 g/mol. The molecule has 2 aromatic carbocycles. The lowest BCUT2D eigenvalue weighted by Gasteiger charge is -2.49. The summed E-state index contributed by atoms with van der Waals surface area (Å²) in [5, 5.41) is 6.15. The summed E-state index contributed by atoms with van der Waals surface area (Å²) in [4.78, 5) is 24.1. The molecule has 2 fully saturated rings. The van der Waals surface area contributed by atoms with Gasteiger partial charge in [0.25, 0.3) is 0 Å². The molecule has 0 radical (unpaired) electrons. The molecule has 4 aromatic rings. The molecule has 6 rings (SSSR count). The molecular weight excluding hydrogens is 642 g/mol. The zero-order valence-corrected chi connectivity index (χ0v) is 28.9. The highest BCUT2D eigenvalue weighted by atomic mass is 31.2. The molecule has 0 bridgehead atoms. The fourth-order valence-corrected chi connectivity index (χ4v) is 7.92. The van der Waals surface area contributed by atoms with Gasteiger partial charge >= 0.3 is 6.18 Å². The first-order chi connectivity index (χ1) is 22.7. The van der Waals surface area contributed by atoms with Crippen LogP contribution in [0, 0.1) is 6.92 Å². The fraction of sp³-hybridized carbons (Fsp3) is 0.455. The Hall–Kier alpha value is -4.00. The van der Waals surface area contributed by atoms with Crippen molar-refractivity contribution in [2.24, 2.45) is 0 Å². The number of hydrogen-bond donors (Lipinski definition) is 2. The fourth-order valence-electron chi connectivity index (χ4n) is 6.53. The van der Waals surface area contributed by atoms with E-state index >= 15 is 0 Å². The van der Waals surface area contributed by atoms with E-state index in [4.69, 9.17) is 4.74 Å². The standard InChI is InChI=1S/C33H41F3N9O2P/c1-20-15-26(28(47-4)16-27(20)44-13-9-21(10-14-44)45-18-22(19-45)43(2)3)41-32-39-17-23(33(34,35)36)31(42-32)40-25-8-7-24-29(38-12-11-37-24)30(25)48(5,6)46/h7-8,11-12,15-17,21-22H,9-10,13-14,18-19H2,1-6H3,(H2,39,40,41,42). The predicted molar refractivity (Wildman–Crippen MR) is 184 cm³/mol. The van der Waals surface area contributed by atoms with Crippen LogP contribution < -0.4 is 25.6 Å². The van der Waals surface area contributed by atoms with Crippen LogP contribution in [0.25, 0.3) is 11.0 Å². The smallest absolute Gasteiger partial charge is 0.421 e. The van der Waals surface area contributed by atoms with Crippen LogP contribution >= 0.6 is 7.14 Å². The van der Waals surface area contributed by atoms with Crippen molar-refractivity contribution in [2.45, 2.75) is 38.0 Å². The number of aryl methyl sites for hydroxylation is 1. The summed E-state index contributed by atoms with van der Waals surface area (Å²) in [7, 11) is 2.78. The second-order valence-corrected chi connectivity index (χ2v) is 16.2. The Kier molecular flexibility index (Phi) is 9.27. The zero-order chi connectivity index (χ0) is 34.4. The van der Waals surface area contributed by atoms with E-state index in [1.54, 1.807) is 19.2 Å². The molecule has 0 atom stereocenters. The first kappa shape index (κ1) is 33.9. The third-order valence-electron chi connectivity index (χ3n) is 9.21. The summed E-state index contributed by atoms with van der Waals surface area (Å²) >= 11 is 0. The highest BCUT2D eigenvalue weighted by molar-refractivity contribution is 7.71. The molecule has 0 aliphatic carbocycles. The SMILES string of the molecule is COc1cc(N2CCC(N3CC(N(C)C)C3)CC2)c(C)cc1Nc1ncc(C(F)(F)F)c(Nc2ccc3nccnc3c2P(C)(C)=O)n1. The van der Waals surface area contributed by atoms with Crippen LogP contribution in [0.1, 0.15) is 24.0 Å². The molecule has 2 N–H and O–H groups in total. The highest BCUT2D eigenvalue weighted by Gasteiger charge is 2.37.